The molecule has 1 saturated heterocycles. The summed E-state index contributed by atoms with van der Waals surface area (Å²) in [5.74, 6) is 0.0517. The topological polar surface area (TPSA) is 62.7 Å². The Labute approximate surface area is 185 Å². The number of amides is 2. The first-order valence-electron chi connectivity index (χ1n) is 10.9. The van der Waals surface area contributed by atoms with Gasteiger partial charge < -0.3 is 14.5 Å². The van der Waals surface area contributed by atoms with E-state index in [2.05, 4.69) is 35.3 Å². The highest BCUT2D eigenvalue weighted by Gasteiger charge is 2.38. The van der Waals surface area contributed by atoms with Gasteiger partial charge in [0.2, 0.25) is 5.91 Å². The van der Waals surface area contributed by atoms with Crippen LogP contribution >= 0.6 is 0 Å². The van der Waals surface area contributed by atoms with Crippen molar-refractivity contribution in [1.82, 2.24) is 14.8 Å². The minimum Gasteiger partial charge on any atom is -0.443 e. The molecule has 2 aromatic rings. The van der Waals surface area contributed by atoms with E-state index in [1.807, 2.05) is 33.0 Å². The number of ether oxygens (including phenoxy) is 1. The molecule has 0 unspecified atom stereocenters. The van der Waals surface area contributed by atoms with E-state index >= 15 is 0 Å². The number of hydrogen-bond acceptors (Lipinski definition) is 4. The quantitative estimate of drug-likeness (QED) is 0.630. The summed E-state index contributed by atoms with van der Waals surface area (Å²) in [5.41, 5.74) is 3.86. The van der Waals surface area contributed by atoms with E-state index in [0.29, 0.717) is 13.1 Å². The SMILES string of the molecule is CC(=O)N(C)CCC[C@]1(C)CCN([C@@H](C)c2ccc(-c3ccnc(C)c3)cc2)C(=O)O1. The molecule has 0 N–H and O–H groups in total. The predicted octanol–water partition coefficient (Wildman–Crippen LogP) is 4.98. The van der Waals surface area contributed by atoms with Crippen molar-refractivity contribution in [1.29, 1.82) is 0 Å². The standard InChI is InChI=1S/C25H33N3O3/c1-18-17-23(11-14-26-18)22-9-7-21(8-10-22)19(2)28-16-13-25(4,31-24(28)30)12-6-15-27(5)20(3)29/h7-11,14,17,19H,6,12-13,15-16H2,1-5H3/t19-,25+/m0/s1. The lowest BCUT2D eigenvalue weighted by Crippen LogP contribution is -2.49. The lowest BCUT2D eigenvalue weighted by molar-refractivity contribution is -0.127. The third kappa shape index (κ3) is 5.63. The molecule has 166 valence electrons. The largest absolute Gasteiger partial charge is 0.443 e. The Hall–Kier alpha value is -2.89. The second kappa shape index (κ2) is 9.50. The Morgan fingerprint density at radius 2 is 1.97 bits per heavy atom. The average Bonchev–Trinajstić information content (AvgIpc) is 2.73. The van der Waals surface area contributed by atoms with Crippen LogP contribution in [0.25, 0.3) is 11.1 Å². The van der Waals surface area contributed by atoms with E-state index in [0.717, 1.165) is 41.6 Å². The molecule has 6 heteroatoms. The molecule has 0 radical (unpaired) electrons. The molecule has 2 heterocycles. The molecule has 2 amide bonds. The molecule has 1 aromatic heterocycles. The van der Waals surface area contributed by atoms with Crippen LogP contribution in [0.4, 0.5) is 4.79 Å². The van der Waals surface area contributed by atoms with Crippen LogP contribution in [-0.2, 0) is 9.53 Å². The third-order valence-corrected chi connectivity index (χ3v) is 6.28. The summed E-state index contributed by atoms with van der Waals surface area (Å²) in [4.78, 5) is 31.9. The van der Waals surface area contributed by atoms with Crippen LogP contribution in [-0.4, -0.2) is 52.5 Å². The van der Waals surface area contributed by atoms with Crippen molar-refractivity contribution in [2.24, 2.45) is 0 Å². The number of cyclic esters (lactones) is 1. The monoisotopic (exact) mass is 423 g/mol. The first-order valence-corrected chi connectivity index (χ1v) is 10.9. The Kier molecular flexibility index (Phi) is 6.98. The molecule has 6 nitrogen and oxygen atoms in total. The van der Waals surface area contributed by atoms with Gasteiger partial charge in [-0.15, -0.1) is 0 Å². The maximum Gasteiger partial charge on any atom is 0.410 e. The Morgan fingerprint density at radius 3 is 2.58 bits per heavy atom. The van der Waals surface area contributed by atoms with Crippen molar-refractivity contribution in [2.45, 2.75) is 58.6 Å². The highest BCUT2D eigenvalue weighted by atomic mass is 16.6. The first kappa shape index (κ1) is 22.8. The molecule has 0 saturated carbocycles. The van der Waals surface area contributed by atoms with Gasteiger partial charge >= 0.3 is 6.09 Å². The van der Waals surface area contributed by atoms with Gasteiger partial charge in [0.05, 0.1) is 6.04 Å². The highest BCUT2D eigenvalue weighted by Crippen LogP contribution is 2.33. The van der Waals surface area contributed by atoms with E-state index in [1.165, 1.54) is 0 Å². The summed E-state index contributed by atoms with van der Waals surface area (Å²) < 4.78 is 5.85. The number of aromatic nitrogens is 1. The summed E-state index contributed by atoms with van der Waals surface area (Å²) in [6.45, 7) is 8.91. The van der Waals surface area contributed by atoms with Gasteiger partial charge in [0.1, 0.15) is 5.60 Å². The summed E-state index contributed by atoms with van der Waals surface area (Å²) in [6.07, 6.45) is 3.89. The zero-order valence-electron chi connectivity index (χ0n) is 19.2. The lowest BCUT2D eigenvalue weighted by atomic mass is 9.93. The van der Waals surface area contributed by atoms with Crippen molar-refractivity contribution in [3.63, 3.8) is 0 Å². The first-order chi connectivity index (χ1) is 14.7. The molecule has 2 atom stereocenters. The Bertz CT molecular complexity index is 928. The molecular formula is C25H33N3O3. The van der Waals surface area contributed by atoms with Gasteiger partial charge in [0, 0.05) is 45.4 Å². The van der Waals surface area contributed by atoms with Gasteiger partial charge in [-0.2, -0.15) is 0 Å². The zero-order valence-corrected chi connectivity index (χ0v) is 19.2. The smallest absolute Gasteiger partial charge is 0.410 e. The van der Waals surface area contributed by atoms with Gasteiger partial charge in [-0.1, -0.05) is 24.3 Å². The minimum absolute atomic E-state index is 0.0517. The average molecular weight is 424 g/mol. The lowest BCUT2D eigenvalue weighted by Gasteiger charge is -2.41. The fourth-order valence-corrected chi connectivity index (χ4v) is 4.00. The van der Waals surface area contributed by atoms with E-state index < -0.39 is 5.60 Å². The Morgan fingerprint density at radius 1 is 1.26 bits per heavy atom. The molecule has 1 aliphatic rings. The number of benzene rings is 1. The van der Waals surface area contributed by atoms with Gasteiger partial charge in [-0.3, -0.25) is 9.78 Å². The normalized spacial score (nSPS) is 19.6. The van der Waals surface area contributed by atoms with Crippen LogP contribution in [0.5, 0.6) is 0 Å². The van der Waals surface area contributed by atoms with Crippen molar-refractivity contribution < 1.29 is 14.3 Å². The van der Waals surface area contributed by atoms with Gasteiger partial charge in [0.15, 0.2) is 0 Å². The number of nitrogens with zero attached hydrogens (tertiary/aromatic N) is 3. The maximum atomic E-state index is 12.8. The molecule has 1 fully saturated rings. The number of carbonyl (C=O) groups excluding carboxylic acids is 2. The molecule has 1 aliphatic heterocycles. The zero-order chi connectivity index (χ0) is 22.6. The minimum atomic E-state index is -0.478. The van der Waals surface area contributed by atoms with Gasteiger partial charge in [-0.05, 0) is 62.4 Å². The summed E-state index contributed by atoms with van der Waals surface area (Å²) in [7, 11) is 1.79. The third-order valence-electron chi connectivity index (χ3n) is 6.28. The second-order valence-electron chi connectivity index (χ2n) is 8.79. The van der Waals surface area contributed by atoms with Crippen LogP contribution in [0.3, 0.4) is 0 Å². The van der Waals surface area contributed by atoms with E-state index in [1.54, 1.807) is 23.8 Å². The molecule has 0 aliphatic carbocycles. The van der Waals surface area contributed by atoms with Crippen molar-refractivity contribution >= 4 is 12.0 Å². The second-order valence-corrected chi connectivity index (χ2v) is 8.79. The maximum absolute atomic E-state index is 12.8. The van der Waals surface area contributed by atoms with E-state index in [9.17, 15) is 9.59 Å². The number of carbonyl (C=O) groups is 2. The van der Waals surface area contributed by atoms with Gasteiger partial charge in [-0.25, -0.2) is 4.79 Å². The highest BCUT2D eigenvalue weighted by molar-refractivity contribution is 5.72. The van der Waals surface area contributed by atoms with Crippen LogP contribution in [0.1, 0.15) is 57.3 Å². The van der Waals surface area contributed by atoms with Crippen molar-refractivity contribution in [3.8, 4) is 11.1 Å². The molecular weight excluding hydrogens is 390 g/mol. The number of aryl methyl sites for hydroxylation is 1. The predicted molar refractivity (Wildman–Crippen MR) is 122 cm³/mol. The van der Waals surface area contributed by atoms with Crippen molar-refractivity contribution in [2.75, 3.05) is 20.1 Å². The van der Waals surface area contributed by atoms with Crippen LogP contribution < -0.4 is 0 Å². The number of rotatable bonds is 7. The van der Waals surface area contributed by atoms with Gasteiger partial charge in [0.25, 0.3) is 0 Å². The molecule has 1 aromatic carbocycles. The van der Waals surface area contributed by atoms with Crippen LogP contribution in [0, 0.1) is 6.92 Å². The fourth-order valence-electron chi connectivity index (χ4n) is 4.00. The Balaban J connectivity index is 1.60. The summed E-state index contributed by atoms with van der Waals surface area (Å²) >= 11 is 0. The van der Waals surface area contributed by atoms with E-state index in [-0.39, 0.29) is 18.0 Å². The molecule has 0 spiro atoms. The summed E-state index contributed by atoms with van der Waals surface area (Å²) in [6, 6.07) is 12.3. The number of hydrogen-bond donors (Lipinski definition) is 0. The molecule has 31 heavy (non-hydrogen) atoms. The van der Waals surface area contributed by atoms with Crippen LogP contribution in [0.15, 0.2) is 42.6 Å². The van der Waals surface area contributed by atoms with Crippen LogP contribution in [0.2, 0.25) is 0 Å². The molecule has 0 bridgehead atoms. The van der Waals surface area contributed by atoms with E-state index in [4.69, 9.17) is 4.74 Å². The fraction of sp³-hybridized carbons (Fsp3) is 0.480. The summed E-state index contributed by atoms with van der Waals surface area (Å²) in [5, 5.41) is 0. The number of pyridine rings is 1. The molecule has 3 rings (SSSR count). The van der Waals surface area contributed by atoms with Crippen molar-refractivity contribution in [3.05, 3.63) is 53.9 Å².